The molecule has 0 radical (unpaired) electrons. The van der Waals surface area contributed by atoms with Gasteiger partial charge in [-0.1, -0.05) is 37.3 Å². The SMILES string of the molecule is CCC(N)(N)Cc1ccccc1. The summed E-state index contributed by atoms with van der Waals surface area (Å²) < 4.78 is 0. The molecule has 0 aliphatic rings. The van der Waals surface area contributed by atoms with E-state index in [0.717, 1.165) is 12.8 Å². The molecule has 0 saturated heterocycles. The van der Waals surface area contributed by atoms with E-state index in [1.807, 2.05) is 37.3 Å². The minimum Gasteiger partial charge on any atom is -0.313 e. The molecule has 0 spiro atoms. The van der Waals surface area contributed by atoms with Crippen LogP contribution in [0.3, 0.4) is 0 Å². The van der Waals surface area contributed by atoms with Gasteiger partial charge in [0.25, 0.3) is 0 Å². The Kier molecular flexibility index (Phi) is 2.84. The molecule has 66 valence electrons. The van der Waals surface area contributed by atoms with Crippen molar-refractivity contribution in [2.75, 3.05) is 0 Å². The van der Waals surface area contributed by atoms with Gasteiger partial charge in [0.05, 0.1) is 5.66 Å². The van der Waals surface area contributed by atoms with Gasteiger partial charge in [0.2, 0.25) is 0 Å². The fourth-order valence-corrected chi connectivity index (χ4v) is 1.10. The fourth-order valence-electron chi connectivity index (χ4n) is 1.10. The number of hydrogen-bond donors (Lipinski definition) is 2. The summed E-state index contributed by atoms with van der Waals surface area (Å²) in [7, 11) is 0. The fraction of sp³-hybridized carbons (Fsp3) is 0.400. The van der Waals surface area contributed by atoms with E-state index < -0.39 is 5.66 Å². The van der Waals surface area contributed by atoms with Crippen molar-refractivity contribution in [3.8, 4) is 0 Å². The zero-order valence-electron chi connectivity index (χ0n) is 7.46. The highest BCUT2D eigenvalue weighted by atomic mass is 14.9. The molecule has 2 heteroatoms. The predicted octanol–water partition coefficient (Wildman–Crippen LogP) is 1.25. The molecule has 0 amide bonds. The third kappa shape index (κ3) is 2.64. The van der Waals surface area contributed by atoms with Crippen LogP contribution in [0.2, 0.25) is 0 Å². The van der Waals surface area contributed by atoms with Crippen molar-refractivity contribution in [1.82, 2.24) is 0 Å². The Labute approximate surface area is 73.6 Å². The van der Waals surface area contributed by atoms with E-state index in [4.69, 9.17) is 11.5 Å². The molecular formula is C10H16N2. The average Bonchev–Trinajstić information content (AvgIpc) is 2.06. The van der Waals surface area contributed by atoms with Crippen LogP contribution in [0.25, 0.3) is 0 Å². The van der Waals surface area contributed by atoms with Crippen LogP contribution in [0.5, 0.6) is 0 Å². The van der Waals surface area contributed by atoms with Crippen molar-refractivity contribution in [3.05, 3.63) is 35.9 Å². The smallest absolute Gasteiger partial charge is 0.0675 e. The summed E-state index contributed by atoms with van der Waals surface area (Å²) in [6.07, 6.45) is 1.53. The zero-order valence-corrected chi connectivity index (χ0v) is 7.46. The van der Waals surface area contributed by atoms with Crippen molar-refractivity contribution < 1.29 is 0 Å². The maximum atomic E-state index is 5.83. The van der Waals surface area contributed by atoms with Gasteiger partial charge >= 0.3 is 0 Å². The number of rotatable bonds is 3. The van der Waals surface area contributed by atoms with Gasteiger partial charge in [0, 0.05) is 6.42 Å². The second-order valence-corrected chi connectivity index (χ2v) is 3.25. The lowest BCUT2D eigenvalue weighted by Gasteiger charge is -2.22. The minimum absolute atomic E-state index is 0.554. The van der Waals surface area contributed by atoms with Crippen LogP contribution in [0.1, 0.15) is 18.9 Å². The standard InChI is InChI=1S/C10H16N2/c1-2-10(11,12)8-9-6-4-3-5-7-9/h3-7H,2,8,11-12H2,1H3. The van der Waals surface area contributed by atoms with E-state index in [1.54, 1.807) is 0 Å². The molecule has 12 heavy (non-hydrogen) atoms. The molecule has 0 aliphatic carbocycles. The van der Waals surface area contributed by atoms with Crippen LogP contribution in [0, 0.1) is 0 Å². The monoisotopic (exact) mass is 164 g/mol. The predicted molar refractivity (Wildman–Crippen MR) is 51.5 cm³/mol. The third-order valence-electron chi connectivity index (χ3n) is 2.03. The Hall–Kier alpha value is -0.860. The number of hydrogen-bond acceptors (Lipinski definition) is 2. The van der Waals surface area contributed by atoms with Crippen molar-refractivity contribution in [3.63, 3.8) is 0 Å². The van der Waals surface area contributed by atoms with Gasteiger partial charge in [-0.25, -0.2) is 0 Å². The number of benzene rings is 1. The van der Waals surface area contributed by atoms with Crippen LogP contribution in [-0.4, -0.2) is 5.66 Å². The van der Waals surface area contributed by atoms with Crippen LogP contribution in [-0.2, 0) is 6.42 Å². The molecule has 0 aromatic heterocycles. The lowest BCUT2D eigenvalue weighted by molar-refractivity contribution is 0.424. The van der Waals surface area contributed by atoms with Gasteiger partial charge in [-0.05, 0) is 12.0 Å². The topological polar surface area (TPSA) is 52.0 Å². The molecular weight excluding hydrogens is 148 g/mol. The summed E-state index contributed by atoms with van der Waals surface area (Å²) in [4.78, 5) is 0. The second-order valence-electron chi connectivity index (χ2n) is 3.25. The summed E-state index contributed by atoms with van der Waals surface area (Å²) in [5.74, 6) is 0. The van der Waals surface area contributed by atoms with E-state index in [2.05, 4.69) is 0 Å². The Bertz CT molecular complexity index is 229. The first-order chi connectivity index (χ1) is 5.64. The third-order valence-corrected chi connectivity index (χ3v) is 2.03. The van der Waals surface area contributed by atoms with Crippen molar-refractivity contribution in [2.24, 2.45) is 11.5 Å². The summed E-state index contributed by atoms with van der Waals surface area (Å²) in [6.45, 7) is 2.00. The van der Waals surface area contributed by atoms with Gasteiger partial charge in [0.1, 0.15) is 0 Å². The Morgan fingerprint density at radius 2 is 1.75 bits per heavy atom. The molecule has 0 atom stereocenters. The minimum atomic E-state index is -0.554. The molecule has 1 aromatic carbocycles. The largest absolute Gasteiger partial charge is 0.313 e. The van der Waals surface area contributed by atoms with E-state index in [1.165, 1.54) is 5.56 Å². The Balaban J connectivity index is 2.64. The molecule has 2 nitrogen and oxygen atoms in total. The Morgan fingerprint density at radius 1 is 1.17 bits per heavy atom. The molecule has 4 N–H and O–H groups in total. The van der Waals surface area contributed by atoms with Crippen LogP contribution < -0.4 is 11.5 Å². The van der Waals surface area contributed by atoms with Gasteiger partial charge in [-0.2, -0.15) is 0 Å². The van der Waals surface area contributed by atoms with E-state index >= 15 is 0 Å². The summed E-state index contributed by atoms with van der Waals surface area (Å²) in [6, 6.07) is 10.1. The molecule has 0 bridgehead atoms. The zero-order chi connectivity index (χ0) is 9.03. The van der Waals surface area contributed by atoms with Crippen LogP contribution in [0.15, 0.2) is 30.3 Å². The molecule has 1 aromatic rings. The second kappa shape index (κ2) is 3.70. The summed E-state index contributed by atoms with van der Waals surface area (Å²) >= 11 is 0. The van der Waals surface area contributed by atoms with Crippen molar-refractivity contribution in [1.29, 1.82) is 0 Å². The summed E-state index contributed by atoms with van der Waals surface area (Å²) in [5, 5.41) is 0. The van der Waals surface area contributed by atoms with Crippen molar-refractivity contribution in [2.45, 2.75) is 25.4 Å². The normalized spacial score (nSPS) is 11.6. The highest BCUT2D eigenvalue weighted by molar-refractivity contribution is 5.16. The van der Waals surface area contributed by atoms with Crippen molar-refractivity contribution >= 4 is 0 Å². The lowest BCUT2D eigenvalue weighted by atomic mass is 9.99. The van der Waals surface area contributed by atoms with E-state index in [0.29, 0.717) is 0 Å². The first kappa shape index (κ1) is 9.23. The first-order valence-electron chi connectivity index (χ1n) is 4.26. The van der Waals surface area contributed by atoms with Gasteiger partial charge in [-0.3, -0.25) is 0 Å². The first-order valence-corrected chi connectivity index (χ1v) is 4.26. The lowest BCUT2D eigenvalue weighted by Crippen LogP contribution is -2.50. The van der Waals surface area contributed by atoms with Gasteiger partial charge in [-0.15, -0.1) is 0 Å². The van der Waals surface area contributed by atoms with Crippen LogP contribution >= 0.6 is 0 Å². The molecule has 0 fully saturated rings. The maximum Gasteiger partial charge on any atom is 0.0675 e. The number of nitrogens with two attached hydrogens (primary N) is 2. The molecule has 1 rings (SSSR count). The quantitative estimate of drug-likeness (QED) is 0.661. The average molecular weight is 164 g/mol. The maximum absolute atomic E-state index is 5.83. The summed E-state index contributed by atoms with van der Waals surface area (Å²) in [5.41, 5.74) is 12.3. The van der Waals surface area contributed by atoms with E-state index in [-0.39, 0.29) is 0 Å². The Morgan fingerprint density at radius 3 is 2.25 bits per heavy atom. The highest BCUT2D eigenvalue weighted by Gasteiger charge is 2.15. The van der Waals surface area contributed by atoms with Gasteiger partial charge in [0.15, 0.2) is 0 Å². The van der Waals surface area contributed by atoms with Gasteiger partial charge < -0.3 is 11.5 Å². The molecule has 0 unspecified atom stereocenters. The van der Waals surface area contributed by atoms with Crippen LogP contribution in [0.4, 0.5) is 0 Å². The van der Waals surface area contributed by atoms with E-state index in [9.17, 15) is 0 Å². The molecule has 0 heterocycles. The molecule has 0 saturated carbocycles. The molecule has 0 aliphatic heterocycles. The highest BCUT2D eigenvalue weighted by Crippen LogP contribution is 2.08.